The Kier molecular flexibility index (Phi) is 6.60. The van der Waals surface area contributed by atoms with Crippen molar-refractivity contribution in [1.29, 1.82) is 0 Å². The Labute approximate surface area is 143 Å². The average Bonchev–Trinajstić information content (AvgIpc) is 3.19. The first-order valence-electron chi connectivity index (χ1n) is 8.22. The first-order chi connectivity index (χ1) is 11.5. The zero-order chi connectivity index (χ0) is 17.5. The zero-order valence-electron chi connectivity index (χ0n) is 15.0. The zero-order valence-corrected chi connectivity index (χ0v) is 15.0. The van der Waals surface area contributed by atoms with E-state index in [2.05, 4.69) is 26.5 Å². The lowest BCUT2D eigenvalue weighted by atomic mass is 10.0. The molecule has 1 aromatic heterocycles. The summed E-state index contributed by atoms with van der Waals surface area (Å²) in [4.78, 5) is 20.1. The number of hydrogen-bond donors (Lipinski definition) is 1. The Morgan fingerprint density at radius 1 is 1.54 bits per heavy atom. The Hall–Kier alpha value is -2.09. The summed E-state index contributed by atoms with van der Waals surface area (Å²) in [6.45, 7) is 3.20. The molecule has 0 spiro atoms. The van der Waals surface area contributed by atoms with E-state index in [-0.39, 0.29) is 12.5 Å². The van der Waals surface area contributed by atoms with Crippen molar-refractivity contribution in [2.75, 3.05) is 54.0 Å². The average molecular weight is 336 g/mol. The molecule has 0 bridgehead atoms. The molecule has 8 heteroatoms. The Morgan fingerprint density at radius 2 is 2.33 bits per heavy atom. The number of aromatic nitrogens is 2. The van der Waals surface area contributed by atoms with Crippen molar-refractivity contribution in [3.8, 4) is 0 Å². The van der Waals surface area contributed by atoms with E-state index >= 15 is 0 Å². The smallest absolute Gasteiger partial charge is 0.243 e. The lowest BCUT2D eigenvalue weighted by Crippen LogP contribution is -2.42. The van der Waals surface area contributed by atoms with Crippen LogP contribution >= 0.6 is 0 Å². The highest BCUT2D eigenvalue weighted by Gasteiger charge is 2.27. The molecule has 2 heterocycles. The molecular weight excluding hydrogens is 308 g/mol. The summed E-state index contributed by atoms with van der Waals surface area (Å²) in [5, 5.41) is 7.55. The van der Waals surface area contributed by atoms with Gasteiger partial charge in [0.1, 0.15) is 6.54 Å². The highest BCUT2D eigenvalue weighted by atomic mass is 16.5. The molecule has 2 rings (SSSR count). The number of aliphatic imine (C=N–C) groups is 1. The van der Waals surface area contributed by atoms with Crippen LogP contribution in [0.2, 0.25) is 0 Å². The van der Waals surface area contributed by atoms with Crippen LogP contribution in [0.15, 0.2) is 17.4 Å². The van der Waals surface area contributed by atoms with Crippen molar-refractivity contribution >= 4 is 11.9 Å². The quantitative estimate of drug-likeness (QED) is 0.446. The maximum atomic E-state index is 11.8. The number of amides is 1. The maximum Gasteiger partial charge on any atom is 0.243 e. The van der Waals surface area contributed by atoms with Gasteiger partial charge in [-0.2, -0.15) is 5.10 Å². The third-order valence-electron chi connectivity index (χ3n) is 4.14. The number of nitrogens with one attached hydrogen (secondary N) is 1. The lowest BCUT2D eigenvalue weighted by molar-refractivity contribution is -0.127. The van der Waals surface area contributed by atoms with Crippen molar-refractivity contribution in [2.24, 2.45) is 12.0 Å². The van der Waals surface area contributed by atoms with Gasteiger partial charge >= 0.3 is 0 Å². The first kappa shape index (κ1) is 18.3. The van der Waals surface area contributed by atoms with E-state index < -0.39 is 0 Å². The van der Waals surface area contributed by atoms with Crippen molar-refractivity contribution < 1.29 is 9.53 Å². The SMILES string of the molecule is COCCNC(=NCC(=O)N(C)C)N1CCC(c2cnn(C)c2)C1. The molecule has 1 N–H and O–H groups in total. The second kappa shape index (κ2) is 8.68. The van der Waals surface area contributed by atoms with Crippen LogP contribution in [-0.2, 0) is 16.6 Å². The largest absolute Gasteiger partial charge is 0.383 e. The minimum absolute atomic E-state index is 0.0101. The Balaban J connectivity index is 2.00. The number of methoxy groups -OCH3 is 1. The number of guanidine groups is 1. The second-order valence-corrected chi connectivity index (χ2v) is 6.23. The van der Waals surface area contributed by atoms with Gasteiger partial charge in [0.2, 0.25) is 5.91 Å². The molecule has 1 amide bonds. The van der Waals surface area contributed by atoms with Crippen LogP contribution in [0.4, 0.5) is 0 Å². The summed E-state index contributed by atoms with van der Waals surface area (Å²) in [7, 11) is 7.08. The van der Waals surface area contributed by atoms with E-state index in [1.807, 2.05) is 17.9 Å². The van der Waals surface area contributed by atoms with Gasteiger partial charge in [0.15, 0.2) is 5.96 Å². The highest BCUT2D eigenvalue weighted by molar-refractivity contribution is 5.85. The molecule has 1 aromatic rings. The van der Waals surface area contributed by atoms with Gasteiger partial charge < -0.3 is 19.9 Å². The normalized spacial score (nSPS) is 18.1. The van der Waals surface area contributed by atoms with Crippen molar-refractivity contribution in [3.05, 3.63) is 18.0 Å². The van der Waals surface area contributed by atoms with Crippen LogP contribution in [0.5, 0.6) is 0 Å². The fourth-order valence-corrected chi connectivity index (χ4v) is 2.69. The Morgan fingerprint density at radius 3 is 2.96 bits per heavy atom. The number of likely N-dealkylation sites (tertiary alicyclic amines) is 1. The van der Waals surface area contributed by atoms with Crippen molar-refractivity contribution in [1.82, 2.24) is 24.9 Å². The molecule has 0 saturated carbocycles. The third-order valence-corrected chi connectivity index (χ3v) is 4.14. The summed E-state index contributed by atoms with van der Waals surface area (Å²) < 4.78 is 6.92. The number of carbonyl (C=O) groups excluding carboxylic acids is 1. The number of carbonyl (C=O) groups is 1. The van der Waals surface area contributed by atoms with Crippen molar-refractivity contribution in [3.63, 3.8) is 0 Å². The number of aryl methyl sites for hydroxylation is 1. The molecule has 1 aliphatic heterocycles. The van der Waals surface area contributed by atoms with E-state index in [0.29, 0.717) is 19.1 Å². The summed E-state index contributed by atoms with van der Waals surface area (Å²) in [5.74, 6) is 1.20. The molecule has 134 valence electrons. The minimum Gasteiger partial charge on any atom is -0.383 e. The highest BCUT2D eigenvalue weighted by Crippen LogP contribution is 2.26. The maximum absolute atomic E-state index is 11.8. The Bertz CT molecular complexity index is 569. The third kappa shape index (κ3) is 4.95. The molecule has 8 nitrogen and oxygen atoms in total. The summed E-state index contributed by atoms with van der Waals surface area (Å²) in [6, 6.07) is 0. The fourth-order valence-electron chi connectivity index (χ4n) is 2.69. The first-order valence-corrected chi connectivity index (χ1v) is 8.22. The topological polar surface area (TPSA) is 75.0 Å². The van der Waals surface area contributed by atoms with E-state index in [1.165, 1.54) is 5.56 Å². The van der Waals surface area contributed by atoms with Crippen LogP contribution in [0.3, 0.4) is 0 Å². The molecule has 0 radical (unpaired) electrons. The van der Waals surface area contributed by atoms with Crippen LogP contribution < -0.4 is 5.32 Å². The summed E-state index contributed by atoms with van der Waals surface area (Å²) in [5.41, 5.74) is 1.25. The van der Waals surface area contributed by atoms with Gasteiger partial charge in [0, 0.05) is 60.0 Å². The molecule has 1 fully saturated rings. The molecule has 0 aromatic carbocycles. The molecule has 1 unspecified atom stereocenters. The molecule has 1 atom stereocenters. The van der Waals surface area contributed by atoms with E-state index in [0.717, 1.165) is 25.5 Å². The summed E-state index contributed by atoms with van der Waals surface area (Å²) in [6.07, 6.45) is 5.05. The van der Waals surface area contributed by atoms with Crippen LogP contribution in [0.1, 0.15) is 17.9 Å². The van der Waals surface area contributed by atoms with Gasteiger partial charge in [-0.15, -0.1) is 0 Å². The van der Waals surface area contributed by atoms with E-state index in [9.17, 15) is 4.79 Å². The molecule has 0 aliphatic carbocycles. The standard InChI is InChI=1S/C16H28N6O2/c1-20(2)15(23)10-18-16(17-6-8-24-4)22-7-5-13(12-22)14-9-19-21(3)11-14/h9,11,13H,5-8,10,12H2,1-4H3,(H,17,18). The van der Waals surface area contributed by atoms with Gasteiger partial charge in [-0.05, 0) is 12.0 Å². The van der Waals surface area contributed by atoms with Crippen LogP contribution in [-0.4, -0.2) is 85.4 Å². The lowest BCUT2D eigenvalue weighted by Gasteiger charge is -2.22. The molecule has 24 heavy (non-hydrogen) atoms. The molecule has 1 saturated heterocycles. The second-order valence-electron chi connectivity index (χ2n) is 6.23. The number of rotatable bonds is 6. The predicted octanol–water partition coefficient (Wildman–Crippen LogP) is -0.110. The predicted molar refractivity (Wildman–Crippen MR) is 93.0 cm³/mol. The van der Waals surface area contributed by atoms with E-state index in [1.54, 1.807) is 26.1 Å². The van der Waals surface area contributed by atoms with Gasteiger partial charge in [0.25, 0.3) is 0 Å². The van der Waals surface area contributed by atoms with Crippen LogP contribution in [0.25, 0.3) is 0 Å². The van der Waals surface area contributed by atoms with Gasteiger partial charge in [-0.1, -0.05) is 0 Å². The summed E-state index contributed by atoms with van der Waals surface area (Å²) >= 11 is 0. The minimum atomic E-state index is -0.0101. The van der Waals surface area contributed by atoms with E-state index in [4.69, 9.17) is 4.74 Å². The molecular formula is C16H28N6O2. The number of likely N-dealkylation sites (N-methyl/N-ethyl adjacent to an activating group) is 1. The molecule has 1 aliphatic rings. The van der Waals surface area contributed by atoms with Gasteiger partial charge in [-0.3, -0.25) is 9.48 Å². The number of hydrogen-bond acceptors (Lipinski definition) is 4. The monoisotopic (exact) mass is 336 g/mol. The number of nitrogens with zero attached hydrogens (tertiary/aromatic N) is 5. The van der Waals surface area contributed by atoms with Gasteiger partial charge in [0.05, 0.1) is 12.8 Å². The number of ether oxygens (including phenoxy) is 1. The van der Waals surface area contributed by atoms with Gasteiger partial charge in [-0.25, -0.2) is 4.99 Å². The fraction of sp³-hybridized carbons (Fsp3) is 0.688. The van der Waals surface area contributed by atoms with Crippen LogP contribution in [0, 0.1) is 0 Å². The van der Waals surface area contributed by atoms with Crippen molar-refractivity contribution in [2.45, 2.75) is 12.3 Å².